The molecule has 2 heterocycles. The Kier molecular flexibility index (Phi) is 7.19. The van der Waals surface area contributed by atoms with Crippen molar-refractivity contribution in [2.45, 2.75) is 57.3 Å². The Morgan fingerprint density at radius 1 is 1.23 bits per heavy atom. The predicted molar refractivity (Wildman–Crippen MR) is 123 cm³/mol. The normalized spacial score (nSPS) is 20.2. The maximum absolute atomic E-state index is 12.2. The number of guanidine groups is 1. The predicted octanol–water partition coefficient (Wildman–Crippen LogP) is 2.20. The molecule has 166 valence electrons. The lowest BCUT2D eigenvalue weighted by molar-refractivity contribution is -0.116. The number of benzene rings is 1. The third kappa shape index (κ3) is 6.07. The Hall–Kier alpha value is -2.87. The number of hydrogen-bond donors (Lipinski definition) is 3. The Morgan fingerprint density at radius 3 is 2.87 bits per heavy atom. The summed E-state index contributed by atoms with van der Waals surface area (Å²) in [6.07, 6.45) is 10.1. The first kappa shape index (κ1) is 21.4. The fraction of sp³-hybridized carbons (Fsp3) is 0.522. The zero-order valence-electron chi connectivity index (χ0n) is 18.3. The molecule has 1 saturated carbocycles. The van der Waals surface area contributed by atoms with E-state index in [1.807, 2.05) is 31.3 Å². The summed E-state index contributed by atoms with van der Waals surface area (Å²) in [7, 11) is 1.81. The summed E-state index contributed by atoms with van der Waals surface area (Å²) in [6.45, 7) is 3.12. The van der Waals surface area contributed by atoms with E-state index in [0.717, 1.165) is 36.2 Å². The van der Waals surface area contributed by atoms with Crippen LogP contribution in [0.5, 0.6) is 0 Å². The molecule has 1 saturated heterocycles. The zero-order chi connectivity index (χ0) is 21.5. The van der Waals surface area contributed by atoms with Gasteiger partial charge in [0.1, 0.15) is 6.54 Å². The molecule has 2 fully saturated rings. The lowest BCUT2D eigenvalue weighted by atomic mass is 10.2. The standard InChI is InChI=1S/C23H33N7O/c1-24-23(28-20-10-13-29(16-20)21-8-2-3-9-21)25-15-18-6-4-7-19(14-18)27-22(31)17-30-12-5-11-26-30/h4-7,11-12,14,20-21H,2-3,8-10,13,15-17H2,1H3,(H,27,31)(H2,24,25,28). The summed E-state index contributed by atoms with van der Waals surface area (Å²) in [4.78, 5) is 19.2. The van der Waals surface area contributed by atoms with Gasteiger partial charge in [-0.05, 0) is 43.0 Å². The van der Waals surface area contributed by atoms with E-state index in [4.69, 9.17) is 0 Å². The summed E-state index contributed by atoms with van der Waals surface area (Å²) < 4.78 is 1.60. The summed E-state index contributed by atoms with van der Waals surface area (Å²) >= 11 is 0. The van der Waals surface area contributed by atoms with Crippen molar-refractivity contribution < 1.29 is 4.79 Å². The monoisotopic (exact) mass is 423 g/mol. The summed E-state index contributed by atoms with van der Waals surface area (Å²) in [6, 6.07) is 10.9. The minimum absolute atomic E-state index is 0.0978. The second-order valence-corrected chi connectivity index (χ2v) is 8.44. The quantitative estimate of drug-likeness (QED) is 0.470. The molecule has 31 heavy (non-hydrogen) atoms. The SMILES string of the molecule is CN=C(NCc1cccc(NC(=O)Cn2cccn2)c1)NC1CCN(C2CCCC2)C1. The average molecular weight is 424 g/mol. The highest BCUT2D eigenvalue weighted by atomic mass is 16.2. The molecule has 1 aromatic heterocycles. The van der Waals surface area contributed by atoms with E-state index in [9.17, 15) is 4.79 Å². The van der Waals surface area contributed by atoms with Gasteiger partial charge in [-0.25, -0.2) is 0 Å². The fourth-order valence-electron chi connectivity index (χ4n) is 4.58. The largest absolute Gasteiger partial charge is 0.352 e. The summed E-state index contributed by atoms with van der Waals surface area (Å²) in [5, 5.41) is 14.0. The van der Waals surface area contributed by atoms with Gasteiger partial charge in [0.15, 0.2) is 5.96 Å². The van der Waals surface area contributed by atoms with Crippen molar-refractivity contribution in [1.82, 2.24) is 25.3 Å². The molecule has 0 spiro atoms. The van der Waals surface area contributed by atoms with Gasteiger partial charge in [-0.2, -0.15) is 5.10 Å². The van der Waals surface area contributed by atoms with Gasteiger partial charge in [-0.1, -0.05) is 25.0 Å². The number of likely N-dealkylation sites (tertiary alicyclic amines) is 1. The Morgan fingerprint density at radius 2 is 2.10 bits per heavy atom. The minimum atomic E-state index is -0.0978. The van der Waals surface area contributed by atoms with E-state index in [1.54, 1.807) is 23.1 Å². The second-order valence-electron chi connectivity index (χ2n) is 8.44. The average Bonchev–Trinajstić information content (AvgIpc) is 3.53. The maximum atomic E-state index is 12.2. The van der Waals surface area contributed by atoms with Gasteiger partial charge in [0, 0.05) is 56.8 Å². The Balaban J connectivity index is 1.24. The third-order valence-electron chi connectivity index (χ3n) is 6.16. The molecule has 0 bridgehead atoms. The van der Waals surface area contributed by atoms with Crippen LogP contribution < -0.4 is 16.0 Å². The second kappa shape index (κ2) is 10.4. The van der Waals surface area contributed by atoms with Crippen LogP contribution in [0.3, 0.4) is 0 Å². The summed E-state index contributed by atoms with van der Waals surface area (Å²) in [5.74, 6) is 0.728. The van der Waals surface area contributed by atoms with Gasteiger partial charge < -0.3 is 16.0 Å². The third-order valence-corrected chi connectivity index (χ3v) is 6.16. The zero-order valence-corrected chi connectivity index (χ0v) is 18.3. The molecule has 0 radical (unpaired) electrons. The Labute approximate surface area is 184 Å². The van der Waals surface area contributed by atoms with E-state index < -0.39 is 0 Å². The van der Waals surface area contributed by atoms with E-state index in [2.05, 4.69) is 30.9 Å². The molecule has 1 aromatic carbocycles. The van der Waals surface area contributed by atoms with Crippen LogP contribution >= 0.6 is 0 Å². The van der Waals surface area contributed by atoms with Crippen LogP contribution in [0.15, 0.2) is 47.7 Å². The van der Waals surface area contributed by atoms with Crippen LogP contribution in [0.1, 0.15) is 37.7 Å². The molecule has 1 amide bonds. The maximum Gasteiger partial charge on any atom is 0.246 e. The first-order valence-corrected chi connectivity index (χ1v) is 11.3. The number of aromatic nitrogens is 2. The van der Waals surface area contributed by atoms with Crippen molar-refractivity contribution in [3.05, 3.63) is 48.3 Å². The number of anilines is 1. The smallest absolute Gasteiger partial charge is 0.246 e. The van der Waals surface area contributed by atoms with E-state index in [-0.39, 0.29) is 12.5 Å². The molecule has 2 aromatic rings. The van der Waals surface area contributed by atoms with Crippen molar-refractivity contribution in [3.63, 3.8) is 0 Å². The number of carbonyl (C=O) groups excluding carboxylic acids is 1. The molecule has 8 nitrogen and oxygen atoms in total. The number of rotatable bonds is 7. The molecule has 2 aliphatic rings. The molecule has 1 aliphatic heterocycles. The molecule has 1 aliphatic carbocycles. The lowest BCUT2D eigenvalue weighted by Gasteiger charge is -2.24. The van der Waals surface area contributed by atoms with Crippen molar-refractivity contribution >= 4 is 17.6 Å². The molecule has 4 rings (SSSR count). The number of nitrogens with one attached hydrogen (secondary N) is 3. The van der Waals surface area contributed by atoms with Gasteiger partial charge in [0.2, 0.25) is 5.91 Å². The van der Waals surface area contributed by atoms with Gasteiger partial charge >= 0.3 is 0 Å². The fourth-order valence-corrected chi connectivity index (χ4v) is 4.58. The molecule has 3 N–H and O–H groups in total. The van der Waals surface area contributed by atoms with Crippen molar-refractivity contribution in [3.8, 4) is 0 Å². The first-order valence-electron chi connectivity index (χ1n) is 11.3. The molecule has 8 heteroatoms. The molecular formula is C23H33N7O. The highest BCUT2D eigenvalue weighted by Crippen LogP contribution is 2.26. The van der Waals surface area contributed by atoms with Crippen LogP contribution in [0, 0.1) is 0 Å². The van der Waals surface area contributed by atoms with Crippen molar-refractivity contribution in [1.29, 1.82) is 0 Å². The summed E-state index contributed by atoms with van der Waals surface area (Å²) in [5.41, 5.74) is 1.86. The van der Waals surface area contributed by atoms with Gasteiger partial charge in [-0.15, -0.1) is 0 Å². The van der Waals surface area contributed by atoms with Crippen LogP contribution in [0.4, 0.5) is 5.69 Å². The number of aliphatic imine (C=N–C) groups is 1. The van der Waals surface area contributed by atoms with Crippen LogP contribution in [-0.2, 0) is 17.9 Å². The number of nitrogens with zero attached hydrogens (tertiary/aromatic N) is 4. The molecule has 1 unspecified atom stereocenters. The number of hydrogen-bond acceptors (Lipinski definition) is 4. The number of carbonyl (C=O) groups is 1. The van der Waals surface area contributed by atoms with Gasteiger partial charge in [0.05, 0.1) is 0 Å². The molecular weight excluding hydrogens is 390 g/mol. The van der Waals surface area contributed by atoms with Gasteiger partial charge in [-0.3, -0.25) is 19.4 Å². The van der Waals surface area contributed by atoms with Crippen LogP contribution in [-0.4, -0.2) is 58.8 Å². The molecule has 1 atom stereocenters. The first-order chi connectivity index (χ1) is 15.2. The minimum Gasteiger partial charge on any atom is -0.352 e. The topological polar surface area (TPSA) is 86.6 Å². The van der Waals surface area contributed by atoms with Crippen molar-refractivity contribution in [2.75, 3.05) is 25.5 Å². The lowest BCUT2D eigenvalue weighted by Crippen LogP contribution is -2.45. The van der Waals surface area contributed by atoms with Gasteiger partial charge in [0.25, 0.3) is 0 Å². The van der Waals surface area contributed by atoms with Crippen LogP contribution in [0.25, 0.3) is 0 Å². The highest BCUT2D eigenvalue weighted by Gasteiger charge is 2.30. The highest BCUT2D eigenvalue weighted by molar-refractivity contribution is 5.90. The number of amides is 1. The van der Waals surface area contributed by atoms with Crippen LogP contribution in [0.2, 0.25) is 0 Å². The van der Waals surface area contributed by atoms with E-state index >= 15 is 0 Å². The van der Waals surface area contributed by atoms with E-state index in [0.29, 0.717) is 12.6 Å². The van der Waals surface area contributed by atoms with Crippen molar-refractivity contribution in [2.24, 2.45) is 4.99 Å². The van der Waals surface area contributed by atoms with E-state index in [1.165, 1.54) is 32.2 Å². The Bertz CT molecular complexity index is 874.